The first kappa shape index (κ1) is 16.9. The van der Waals surface area contributed by atoms with E-state index in [0.717, 1.165) is 5.56 Å². The monoisotopic (exact) mass is 354 g/mol. The van der Waals surface area contributed by atoms with E-state index in [1.807, 2.05) is 24.3 Å². The lowest BCUT2D eigenvalue weighted by Crippen LogP contribution is -1.97. The highest BCUT2D eigenvalue weighted by Gasteiger charge is 2.04. The van der Waals surface area contributed by atoms with Crippen LogP contribution in [-0.4, -0.2) is 15.9 Å². The molecule has 0 aliphatic heterocycles. The molecule has 6 heteroatoms. The number of benzene rings is 2. The normalized spacial score (nSPS) is 11.0. The summed E-state index contributed by atoms with van der Waals surface area (Å²) in [6, 6.07) is 14.2. The van der Waals surface area contributed by atoms with Gasteiger partial charge in [-0.1, -0.05) is 47.1 Å². The van der Waals surface area contributed by atoms with E-state index >= 15 is 0 Å². The third-order valence-corrected chi connectivity index (χ3v) is 3.59. The number of hydrogen-bond donors (Lipinski definition) is 0. The Kier molecular flexibility index (Phi) is 5.26. The van der Waals surface area contributed by atoms with Crippen LogP contribution in [0.2, 0.25) is 5.02 Å². The summed E-state index contributed by atoms with van der Waals surface area (Å²) in [5, 5.41) is 4.30. The molecule has 0 fully saturated rings. The van der Waals surface area contributed by atoms with Crippen LogP contribution in [0, 0.1) is 6.92 Å². The predicted octanol–water partition coefficient (Wildman–Crippen LogP) is 4.51. The summed E-state index contributed by atoms with van der Waals surface area (Å²) in [6.07, 6.45) is 3.26. The van der Waals surface area contributed by atoms with Crippen LogP contribution in [0.3, 0.4) is 0 Å². The smallest absolute Gasteiger partial charge is 0.223 e. The number of hydrogen-bond acceptors (Lipinski definition) is 5. The number of rotatable bonds is 6. The largest absolute Gasteiger partial charge is 0.485 e. The van der Waals surface area contributed by atoms with Crippen molar-refractivity contribution in [2.75, 3.05) is 0 Å². The van der Waals surface area contributed by atoms with Gasteiger partial charge in [0, 0.05) is 17.5 Å². The second-order valence-electron chi connectivity index (χ2n) is 5.30. The van der Waals surface area contributed by atoms with Crippen molar-refractivity contribution in [1.82, 2.24) is 10.1 Å². The highest BCUT2D eigenvalue weighted by molar-refractivity contribution is 6.31. The zero-order valence-electron chi connectivity index (χ0n) is 13.5. The van der Waals surface area contributed by atoms with Gasteiger partial charge >= 0.3 is 0 Å². The summed E-state index contributed by atoms with van der Waals surface area (Å²) in [5.74, 6) is 1.58. The minimum absolute atomic E-state index is 0.102. The number of ketones is 1. The highest BCUT2D eigenvalue weighted by atomic mass is 35.5. The number of halogens is 1. The van der Waals surface area contributed by atoms with E-state index in [4.69, 9.17) is 20.9 Å². The molecule has 0 N–H and O–H groups in total. The maximum Gasteiger partial charge on any atom is 0.223 e. The molecule has 0 unspecified atom stereocenters. The molecule has 0 amide bonds. The molecule has 5 nitrogen and oxygen atoms in total. The molecule has 0 saturated carbocycles. The number of carbonyl (C=O) groups excluding carboxylic acids is 1. The van der Waals surface area contributed by atoms with Crippen LogP contribution in [0.25, 0.3) is 6.08 Å². The average molecular weight is 355 g/mol. The van der Waals surface area contributed by atoms with E-state index in [2.05, 4.69) is 10.1 Å². The van der Waals surface area contributed by atoms with Crippen molar-refractivity contribution in [3.63, 3.8) is 0 Å². The summed E-state index contributed by atoms with van der Waals surface area (Å²) in [5.41, 5.74) is 1.44. The molecule has 25 heavy (non-hydrogen) atoms. The summed E-state index contributed by atoms with van der Waals surface area (Å²) in [7, 11) is 0. The Bertz CT molecular complexity index is 901. The van der Waals surface area contributed by atoms with Crippen LogP contribution in [0.5, 0.6) is 5.75 Å². The van der Waals surface area contributed by atoms with Crippen LogP contribution in [0.1, 0.15) is 27.6 Å². The van der Waals surface area contributed by atoms with Gasteiger partial charge in [0.1, 0.15) is 5.75 Å². The standard InChI is InChI=1S/C19H15ClN2O3/c1-13-21-19(22-25-13)12-24-17-8-5-14(6-9-17)7-10-18(23)15-3-2-4-16(20)11-15/h2-11H,12H2,1H3. The Morgan fingerprint density at radius 1 is 1.24 bits per heavy atom. The van der Waals surface area contributed by atoms with Gasteiger partial charge in [0.15, 0.2) is 12.4 Å². The van der Waals surface area contributed by atoms with Gasteiger partial charge in [-0.3, -0.25) is 4.79 Å². The molecule has 1 heterocycles. The molecule has 0 aliphatic rings. The minimum Gasteiger partial charge on any atom is -0.485 e. The molecular weight excluding hydrogens is 340 g/mol. The zero-order chi connectivity index (χ0) is 17.6. The van der Waals surface area contributed by atoms with Crippen LogP contribution < -0.4 is 4.74 Å². The van der Waals surface area contributed by atoms with Gasteiger partial charge in [-0.2, -0.15) is 4.98 Å². The Labute approximate surface area is 149 Å². The zero-order valence-corrected chi connectivity index (χ0v) is 14.2. The Balaban J connectivity index is 1.59. The molecule has 0 radical (unpaired) electrons. The summed E-state index contributed by atoms with van der Waals surface area (Å²) < 4.78 is 10.5. The van der Waals surface area contributed by atoms with Crippen LogP contribution in [0.15, 0.2) is 59.1 Å². The van der Waals surface area contributed by atoms with E-state index in [9.17, 15) is 4.79 Å². The fourth-order valence-electron chi connectivity index (χ4n) is 2.13. The molecule has 0 atom stereocenters. The van der Waals surface area contributed by atoms with Crippen LogP contribution >= 0.6 is 11.6 Å². The molecule has 0 spiro atoms. The maximum absolute atomic E-state index is 12.1. The molecule has 2 aromatic carbocycles. The van der Waals surface area contributed by atoms with E-state index in [1.165, 1.54) is 6.08 Å². The van der Waals surface area contributed by atoms with E-state index in [0.29, 0.717) is 28.1 Å². The fourth-order valence-corrected chi connectivity index (χ4v) is 2.32. The van der Waals surface area contributed by atoms with Crippen molar-refractivity contribution in [2.45, 2.75) is 13.5 Å². The van der Waals surface area contributed by atoms with Gasteiger partial charge in [0.05, 0.1) is 0 Å². The average Bonchev–Trinajstić information content (AvgIpc) is 3.04. The molecule has 3 rings (SSSR count). The number of aromatic nitrogens is 2. The third kappa shape index (κ3) is 4.78. The van der Waals surface area contributed by atoms with Crippen molar-refractivity contribution in [3.05, 3.63) is 82.5 Å². The van der Waals surface area contributed by atoms with Crippen molar-refractivity contribution in [3.8, 4) is 5.75 Å². The van der Waals surface area contributed by atoms with E-state index in [1.54, 1.807) is 37.3 Å². The van der Waals surface area contributed by atoms with E-state index < -0.39 is 0 Å². The first-order chi connectivity index (χ1) is 12.1. The Morgan fingerprint density at radius 3 is 2.72 bits per heavy atom. The van der Waals surface area contributed by atoms with Gasteiger partial charge < -0.3 is 9.26 Å². The second-order valence-corrected chi connectivity index (χ2v) is 5.73. The molecular formula is C19H15ClN2O3. The summed E-state index contributed by atoms with van der Waals surface area (Å²) in [4.78, 5) is 16.2. The van der Waals surface area contributed by atoms with Crippen LogP contribution in [0.4, 0.5) is 0 Å². The summed E-state index contributed by atoms with van der Waals surface area (Å²) in [6.45, 7) is 1.96. The molecule has 126 valence electrons. The number of allylic oxidation sites excluding steroid dienone is 1. The number of ether oxygens (including phenoxy) is 1. The first-order valence-corrected chi connectivity index (χ1v) is 7.98. The molecule has 0 saturated heterocycles. The quantitative estimate of drug-likeness (QED) is 0.481. The first-order valence-electron chi connectivity index (χ1n) is 7.60. The predicted molar refractivity (Wildman–Crippen MR) is 94.6 cm³/mol. The minimum atomic E-state index is -0.102. The lowest BCUT2D eigenvalue weighted by atomic mass is 10.1. The Hall–Kier alpha value is -2.92. The van der Waals surface area contributed by atoms with Crippen LogP contribution in [-0.2, 0) is 6.61 Å². The number of nitrogens with zero attached hydrogens (tertiary/aromatic N) is 2. The third-order valence-electron chi connectivity index (χ3n) is 3.35. The van der Waals surface area contributed by atoms with Gasteiger partial charge in [0.2, 0.25) is 11.7 Å². The van der Waals surface area contributed by atoms with Gasteiger partial charge in [-0.15, -0.1) is 0 Å². The number of carbonyl (C=O) groups is 1. The summed E-state index contributed by atoms with van der Waals surface area (Å²) >= 11 is 5.89. The Morgan fingerprint density at radius 2 is 2.04 bits per heavy atom. The molecule has 3 aromatic rings. The van der Waals surface area contributed by atoms with Gasteiger partial charge in [-0.25, -0.2) is 0 Å². The van der Waals surface area contributed by atoms with E-state index in [-0.39, 0.29) is 12.4 Å². The fraction of sp³-hybridized carbons (Fsp3) is 0.105. The lowest BCUT2D eigenvalue weighted by Gasteiger charge is -2.03. The lowest BCUT2D eigenvalue weighted by molar-refractivity contribution is 0.104. The highest BCUT2D eigenvalue weighted by Crippen LogP contribution is 2.16. The molecule has 0 aliphatic carbocycles. The number of aryl methyl sites for hydroxylation is 1. The molecule has 0 bridgehead atoms. The molecule has 1 aromatic heterocycles. The second kappa shape index (κ2) is 7.77. The van der Waals surface area contributed by atoms with Gasteiger partial charge in [0.25, 0.3) is 0 Å². The van der Waals surface area contributed by atoms with Gasteiger partial charge in [-0.05, 0) is 35.9 Å². The van der Waals surface area contributed by atoms with Crippen molar-refractivity contribution in [1.29, 1.82) is 0 Å². The topological polar surface area (TPSA) is 65.2 Å². The van der Waals surface area contributed by atoms with Crippen molar-refractivity contribution >= 4 is 23.5 Å². The van der Waals surface area contributed by atoms with Crippen molar-refractivity contribution in [2.24, 2.45) is 0 Å². The SMILES string of the molecule is Cc1nc(COc2ccc(C=CC(=O)c3cccc(Cl)c3)cc2)no1. The maximum atomic E-state index is 12.1. The van der Waals surface area contributed by atoms with Crippen molar-refractivity contribution < 1.29 is 14.1 Å².